The zero-order valence-corrected chi connectivity index (χ0v) is 19.9. The molecule has 39 heavy (non-hydrogen) atoms. The highest BCUT2D eigenvalue weighted by Gasteiger charge is 2.22. The largest absolute Gasteiger partial charge is 0.504 e. The number of carbonyl (C=O) groups is 3. The molecule has 1 atom stereocenters. The monoisotopic (exact) mass is 538 g/mol. The number of carbonyl (C=O) groups excluding carboxylic acids is 1. The molecule has 0 spiro atoms. The van der Waals surface area contributed by atoms with E-state index in [2.05, 4.69) is 0 Å². The highest BCUT2D eigenvalue weighted by Crippen LogP contribution is 2.31. The third-order valence-corrected chi connectivity index (χ3v) is 5.12. The topological polar surface area (TPSA) is 211 Å². The highest BCUT2D eigenvalue weighted by atomic mass is 16.6. The fraction of sp³-hybridized carbons (Fsp3) is 0.0741. The van der Waals surface area contributed by atoms with Crippen LogP contribution in [0.2, 0.25) is 0 Å². The van der Waals surface area contributed by atoms with E-state index in [1.807, 2.05) is 0 Å². The van der Waals surface area contributed by atoms with Gasteiger partial charge in [0.1, 0.15) is 0 Å². The molecule has 0 amide bonds. The fourth-order valence-electron chi connectivity index (χ4n) is 3.18. The Labute approximate surface area is 220 Å². The molecule has 202 valence electrons. The summed E-state index contributed by atoms with van der Waals surface area (Å²) in [5.41, 5.74) is 0.721. The molecule has 3 aromatic rings. The third-order valence-electron chi connectivity index (χ3n) is 5.12. The maximum Gasteiger partial charge on any atom is 0.371 e. The van der Waals surface area contributed by atoms with Crippen LogP contribution in [0.25, 0.3) is 12.2 Å². The van der Waals surface area contributed by atoms with Gasteiger partial charge in [0.05, 0.1) is 0 Å². The highest BCUT2D eigenvalue weighted by molar-refractivity contribution is 5.91. The Morgan fingerprint density at radius 2 is 1.36 bits per heavy atom. The quantitative estimate of drug-likeness (QED) is 0.0859. The Morgan fingerprint density at radius 3 is 1.97 bits per heavy atom. The summed E-state index contributed by atoms with van der Waals surface area (Å²) in [5, 5.41) is 66.9. The van der Waals surface area contributed by atoms with Crippen molar-refractivity contribution in [3.63, 3.8) is 0 Å². The molecule has 0 saturated carbocycles. The Kier molecular flexibility index (Phi) is 8.64. The lowest BCUT2D eigenvalue weighted by atomic mass is 10.1. The van der Waals surface area contributed by atoms with Gasteiger partial charge < -0.3 is 45.2 Å². The first-order valence-corrected chi connectivity index (χ1v) is 11.0. The standard InChI is InChI=1S/C27H22O12/c28-17-5-2-15(9-20(17)31)12-23(26(34)35)38-22-11-14(1-7-19(22)30)4-8-25(33)39-24(27(36)37)13-16-3-6-18(29)21(32)10-16/h1-12,24,28-32H,13H2,(H,34,35)(H,36,37). The lowest BCUT2D eigenvalue weighted by Crippen LogP contribution is -2.28. The molecule has 0 fully saturated rings. The second-order valence-electron chi connectivity index (χ2n) is 8.02. The smallest absolute Gasteiger partial charge is 0.371 e. The van der Waals surface area contributed by atoms with Gasteiger partial charge in [0.25, 0.3) is 0 Å². The minimum atomic E-state index is -1.60. The van der Waals surface area contributed by atoms with Crippen molar-refractivity contribution in [1.82, 2.24) is 0 Å². The number of ether oxygens (including phenoxy) is 2. The van der Waals surface area contributed by atoms with E-state index >= 15 is 0 Å². The number of carboxylic acids is 2. The number of hydrogen-bond acceptors (Lipinski definition) is 10. The summed E-state index contributed by atoms with van der Waals surface area (Å²) in [6.07, 6.45) is 1.27. The van der Waals surface area contributed by atoms with Crippen LogP contribution in [-0.4, -0.2) is 59.8 Å². The minimum absolute atomic E-state index is 0.177. The third kappa shape index (κ3) is 7.67. The molecule has 0 saturated heterocycles. The first-order chi connectivity index (χ1) is 18.4. The van der Waals surface area contributed by atoms with Crippen LogP contribution < -0.4 is 4.74 Å². The average Bonchev–Trinajstić information content (AvgIpc) is 2.87. The van der Waals surface area contributed by atoms with Gasteiger partial charge in [0.2, 0.25) is 11.9 Å². The van der Waals surface area contributed by atoms with Gasteiger partial charge in [-0.3, -0.25) is 0 Å². The average molecular weight is 538 g/mol. The van der Waals surface area contributed by atoms with E-state index in [-0.39, 0.29) is 23.3 Å². The van der Waals surface area contributed by atoms with Crippen molar-refractivity contribution in [3.8, 4) is 34.5 Å². The van der Waals surface area contributed by atoms with Crippen LogP contribution in [0.5, 0.6) is 34.5 Å². The summed E-state index contributed by atoms with van der Waals surface area (Å²) >= 11 is 0. The Balaban J connectivity index is 1.74. The molecule has 3 rings (SSSR count). The summed E-state index contributed by atoms with van der Waals surface area (Å²) in [5.74, 6) is -7.09. The van der Waals surface area contributed by atoms with Crippen LogP contribution in [0, 0.1) is 0 Å². The molecule has 0 heterocycles. The number of aromatic hydroxyl groups is 5. The predicted octanol–water partition coefficient (Wildman–Crippen LogP) is 2.97. The Hall–Kier alpha value is -5.65. The van der Waals surface area contributed by atoms with Crippen molar-refractivity contribution < 1.29 is 59.6 Å². The molecular weight excluding hydrogens is 516 g/mol. The van der Waals surface area contributed by atoms with Crippen LogP contribution in [-0.2, 0) is 25.5 Å². The molecule has 0 aromatic heterocycles. The first kappa shape index (κ1) is 27.9. The molecule has 0 aliphatic heterocycles. The molecule has 0 aliphatic carbocycles. The molecule has 7 N–H and O–H groups in total. The van der Waals surface area contributed by atoms with E-state index in [1.54, 1.807) is 0 Å². The van der Waals surface area contributed by atoms with Gasteiger partial charge >= 0.3 is 17.9 Å². The summed E-state index contributed by atoms with van der Waals surface area (Å²) in [6.45, 7) is 0. The Morgan fingerprint density at radius 1 is 0.744 bits per heavy atom. The number of phenolic OH excluding ortho intramolecular Hbond substituents is 5. The normalized spacial score (nSPS) is 12.2. The minimum Gasteiger partial charge on any atom is -0.504 e. The van der Waals surface area contributed by atoms with E-state index in [4.69, 9.17) is 9.47 Å². The SMILES string of the molecule is O=C(C=Cc1ccc(O)c(OC(=Cc2ccc(O)c(O)c2)C(=O)O)c1)OC(Cc1ccc(O)c(O)c1)C(=O)O. The summed E-state index contributed by atoms with van der Waals surface area (Å²) < 4.78 is 10.3. The van der Waals surface area contributed by atoms with E-state index in [1.165, 1.54) is 36.4 Å². The second kappa shape index (κ2) is 12.1. The van der Waals surface area contributed by atoms with Crippen LogP contribution in [0.4, 0.5) is 0 Å². The van der Waals surface area contributed by atoms with Crippen molar-refractivity contribution in [2.24, 2.45) is 0 Å². The van der Waals surface area contributed by atoms with Gasteiger partial charge in [-0.2, -0.15) is 0 Å². The maximum atomic E-state index is 12.2. The van der Waals surface area contributed by atoms with E-state index in [0.717, 1.165) is 36.4 Å². The molecule has 3 aromatic carbocycles. The zero-order chi connectivity index (χ0) is 28.7. The molecule has 0 aliphatic rings. The van der Waals surface area contributed by atoms with E-state index in [0.29, 0.717) is 5.56 Å². The molecule has 0 radical (unpaired) electrons. The number of carboxylic acid groups (broad SMARTS) is 2. The predicted molar refractivity (Wildman–Crippen MR) is 134 cm³/mol. The van der Waals surface area contributed by atoms with E-state index < -0.39 is 58.5 Å². The van der Waals surface area contributed by atoms with Crippen LogP contribution >= 0.6 is 0 Å². The van der Waals surface area contributed by atoms with Crippen molar-refractivity contribution >= 4 is 30.1 Å². The Bertz CT molecular complexity index is 1470. The second-order valence-corrected chi connectivity index (χ2v) is 8.02. The number of esters is 1. The van der Waals surface area contributed by atoms with Crippen molar-refractivity contribution in [3.05, 3.63) is 83.1 Å². The number of rotatable bonds is 10. The molecule has 12 heteroatoms. The molecule has 12 nitrogen and oxygen atoms in total. The first-order valence-electron chi connectivity index (χ1n) is 11.0. The number of phenols is 5. The van der Waals surface area contributed by atoms with E-state index in [9.17, 15) is 50.1 Å². The summed E-state index contributed by atoms with van der Waals surface area (Å²) in [4.78, 5) is 35.4. The van der Waals surface area contributed by atoms with Crippen molar-refractivity contribution in [2.75, 3.05) is 0 Å². The van der Waals surface area contributed by atoms with Crippen LogP contribution in [0.15, 0.2) is 66.4 Å². The summed E-state index contributed by atoms with van der Waals surface area (Å²) in [7, 11) is 0. The van der Waals surface area contributed by atoms with Crippen molar-refractivity contribution in [1.29, 1.82) is 0 Å². The molecule has 1 unspecified atom stereocenters. The number of hydrogen-bond donors (Lipinski definition) is 7. The van der Waals surface area contributed by atoms with Gasteiger partial charge in [-0.25, -0.2) is 14.4 Å². The number of benzene rings is 3. The molecule has 0 bridgehead atoms. The van der Waals surface area contributed by atoms with Crippen molar-refractivity contribution in [2.45, 2.75) is 12.5 Å². The van der Waals surface area contributed by atoms with Gasteiger partial charge in [-0.05, 0) is 65.2 Å². The maximum absolute atomic E-state index is 12.2. The van der Waals surface area contributed by atoms with Gasteiger partial charge in [-0.15, -0.1) is 0 Å². The van der Waals surface area contributed by atoms with Gasteiger partial charge in [-0.1, -0.05) is 18.2 Å². The fourth-order valence-corrected chi connectivity index (χ4v) is 3.18. The van der Waals surface area contributed by atoms with Gasteiger partial charge in [0, 0.05) is 12.5 Å². The zero-order valence-electron chi connectivity index (χ0n) is 19.9. The lowest BCUT2D eigenvalue weighted by Gasteiger charge is -2.13. The molecular formula is C27H22O12. The van der Waals surface area contributed by atoms with Crippen LogP contribution in [0.1, 0.15) is 16.7 Å². The summed E-state index contributed by atoms with van der Waals surface area (Å²) in [6, 6.07) is 11.0. The van der Waals surface area contributed by atoms with Gasteiger partial charge in [0.15, 0.2) is 34.5 Å². The lowest BCUT2D eigenvalue weighted by molar-refractivity contribution is -0.160. The van der Waals surface area contributed by atoms with Crippen LogP contribution in [0.3, 0.4) is 0 Å². The number of aliphatic carboxylic acids is 2.